The summed E-state index contributed by atoms with van der Waals surface area (Å²) in [4.78, 5) is 10.9. The molecule has 188 valence electrons. The van der Waals surface area contributed by atoms with Crippen LogP contribution in [0.5, 0.6) is 5.75 Å². The van der Waals surface area contributed by atoms with E-state index < -0.39 is 8.07 Å². The van der Waals surface area contributed by atoms with Crippen LogP contribution in [-0.4, -0.2) is 21.0 Å². The van der Waals surface area contributed by atoms with Crippen molar-refractivity contribution in [3.63, 3.8) is 0 Å². The van der Waals surface area contributed by atoms with Gasteiger partial charge in [-0.05, 0) is 76.7 Å². The number of carbonyl (C=O) groups excluding carboxylic acids is 1. The molecule has 0 aliphatic heterocycles. The van der Waals surface area contributed by atoms with Gasteiger partial charge in [0.25, 0.3) is 0 Å². The molecule has 4 heteroatoms. The average Bonchev–Trinajstić information content (AvgIpc) is 3.19. The lowest BCUT2D eigenvalue weighted by Crippen LogP contribution is -2.31. The zero-order valence-corrected chi connectivity index (χ0v) is 24.1. The summed E-state index contributed by atoms with van der Waals surface area (Å²) in [6.45, 7) is 5.68. The first kappa shape index (κ1) is 25.7. The molecule has 0 saturated heterocycles. The molecule has 1 atom stereocenters. The summed E-state index contributed by atoms with van der Waals surface area (Å²) in [7, 11) is -1.47. The fourth-order valence-electron chi connectivity index (χ4n) is 5.83. The standard InChI is InChI=1S/C33H33BrO2Si/c1-37(2,22-20-36-28-16-13-25(24-35)14-17-28)21-8-19-33(26-9-4-3-5-10-26)31-12-7-6-11-29(31)30-18-15-27(34)23-32(30)33/h3-7,9-18,23-24H,8,19-22H2,1-2H3. The fourth-order valence-corrected chi connectivity index (χ4v) is 8.23. The zero-order valence-electron chi connectivity index (χ0n) is 21.5. The molecule has 0 radical (unpaired) electrons. The topological polar surface area (TPSA) is 26.3 Å². The van der Waals surface area contributed by atoms with E-state index in [-0.39, 0.29) is 5.41 Å². The molecular weight excluding hydrogens is 536 g/mol. The highest BCUT2D eigenvalue weighted by Crippen LogP contribution is 2.55. The van der Waals surface area contributed by atoms with Crippen LogP contribution in [0.4, 0.5) is 0 Å². The first-order chi connectivity index (χ1) is 17.9. The Hall–Kier alpha value is -2.95. The number of halogens is 1. The molecule has 0 amide bonds. The van der Waals surface area contributed by atoms with Gasteiger partial charge >= 0.3 is 0 Å². The van der Waals surface area contributed by atoms with Crippen LogP contribution in [0, 0.1) is 0 Å². The quantitative estimate of drug-likeness (QED) is 0.141. The van der Waals surface area contributed by atoms with E-state index in [1.54, 1.807) is 0 Å². The summed E-state index contributed by atoms with van der Waals surface area (Å²) in [5.41, 5.74) is 7.47. The van der Waals surface area contributed by atoms with Crippen LogP contribution in [-0.2, 0) is 5.41 Å². The summed E-state index contributed by atoms with van der Waals surface area (Å²) in [5, 5.41) is 0. The third kappa shape index (κ3) is 5.23. The first-order valence-electron chi connectivity index (χ1n) is 13.1. The van der Waals surface area contributed by atoms with Crippen LogP contribution in [0.3, 0.4) is 0 Å². The maximum Gasteiger partial charge on any atom is 0.150 e. The molecule has 2 nitrogen and oxygen atoms in total. The Morgan fingerprint density at radius 2 is 1.51 bits per heavy atom. The third-order valence-electron chi connectivity index (χ3n) is 7.85. The number of carbonyl (C=O) groups is 1. The number of ether oxygens (including phenoxy) is 1. The minimum atomic E-state index is -1.47. The number of hydrogen-bond acceptors (Lipinski definition) is 2. The Balaban J connectivity index is 1.36. The van der Waals surface area contributed by atoms with Gasteiger partial charge in [-0.25, -0.2) is 0 Å². The molecule has 1 aliphatic rings. The predicted octanol–water partition coefficient (Wildman–Crippen LogP) is 9.14. The Kier molecular flexibility index (Phi) is 7.50. The number of fused-ring (bicyclic) bond motifs is 3. The Morgan fingerprint density at radius 3 is 2.27 bits per heavy atom. The van der Waals surface area contributed by atoms with Crippen LogP contribution < -0.4 is 4.74 Å². The third-order valence-corrected chi connectivity index (χ3v) is 11.6. The highest BCUT2D eigenvalue weighted by atomic mass is 79.9. The van der Waals surface area contributed by atoms with Gasteiger partial charge in [0.05, 0.1) is 14.7 Å². The molecular formula is C33H33BrO2Si. The summed E-state index contributed by atoms with van der Waals surface area (Å²) in [6.07, 6.45) is 3.12. The van der Waals surface area contributed by atoms with Crippen molar-refractivity contribution in [1.29, 1.82) is 0 Å². The van der Waals surface area contributed by atoms with Crippen molar-refractivity contribution >= 4 is 30.3 Å². The molecule has 1 unspecified atom stereocenters. The van der Waals surface area contributed by atoms with Crippen molar-refractivity contribution in [3.8, 4) is 16.9 Å². The summed E-state index contributed by atoms with van der Waals surface area (Å²) >= 11 is 3.77. The number of rotatable bonds is 10. The summed E-state index contributed by atoms with van der Waals surface area (Å²) < 4.78 is 7.16. The minimum Gasteiger partial charge on any atom is -0.494 e. The normalized spacial score (nSPS) is 16.2. The number of aldehydes is 1. The number of benzene rings is 4. The van der Waals surface area contributed by atoms with Crippen molar-refractivity contribution in [2.24, 2.45) is 0 Å². The average molecular weight is 570 g/mol. The molecule has 0 heterocycles. The van der Waals surface area contributed by atoms with Crippen LogP contribution in [0.2, 0.25) is 25.2 Å². The minimum absolute atomic E-state index is 0.141. The maximum atomic E-state index is 10.9. The van der Waals surface area contributed by atoms with Crippen LogP contribution in [0.25, 0.3) is 11.1 Å². The van der Waals surface area contributed by atoms with Gasteiger partial charge in [-0.1, -0.05) is 102 Å². The van der Waals surface area contributed by atoms with Crippen LogP contribution in [0.15, 0.2) is 102 Å². The smallest absolute Gasteiger partial charge is 0.150 e. The van der Waals surface area contributed by atoms with Gasteiger partial charge in [-0.2, -0.15) is 0 Å². The summed E-state index contributed by atoms with van der Waals surface area (Å²) in [5.74, 6) is 0.836. The fraction of sp³-hybridized carbons (Fsp3) is 0.242. The van der Waals surface area contributed by atoms with E-state index in [2.05, 4.69) is 102 Å². The Bertz CT molecular complexity index is 1380. The summed E-state index contributed by atoms with van der Waals surface area (Å²) in [6, 6.07) is 36.6. The largest absolute Gasteiger partial charge is 0.494 e. The van der Waals surface area contributed by atoms with E-state index in [0.29, 0.717) is 5.56 Å². The Labute approximate surface area is 229 Å². The van der Waals surface area contributed by atoms with Crippen molar-refractivity contribution in [2.45, 2.75) is 43.4 Å². The molecule has 37 heavy (non-hydrogen) atoms. The van der Waals surface area contributed by atoms with Crippen molar-refractivity contribution in [3.05, 3.63) is 124 Å². The second-order valence-electron chi connectivity index (χ2n) is 10.8. The molecule has 0 spiro atoms. The van der Waals surface area contributed by atoms with Gasteiger partial charge in [-0.3, -0.25) is 4.79 Å². The maximum absolute atomic E-state index is 10.9. The zero-order chi connectivity index (χ0) is 25.9. The lowest BCUT2D eigenvalue weighted by Gasteiger charge is -2.34. The molecule has 0 bridgehead atoms. The van der Waals surface area contributed by atoms with Gasteiger partial charge in [0, 0.05) is 15.5 Å². The molecule has 1 aliphatic carbocycles. The SMILES string of the molecule is C[Si](C)(CCCC1(c2ccccc2)c2ccccc2-c2ccc(Br)cc21)CCOc1ccc(C=O)cc1. The van der Waals surface area contributed by atoms with E-state index in [1.165, 1.54) is 40.3 Å². The van der Waals surface area contributed by atoms with Crippen molar-refractivity contribution < 1.29 is 9.53 Å². The van der Waals surface area contributed by atoms with Gasteiger partial charge in [0.1, 0.15) is 12.0 Å². The van der Waals surface area contributed by atoms with E-state index in [4.69, 9.17) is 4.74 Å². The Morgan fingerprint density at radius 1 is 0.811 bits per heavy atom. The van der Waals surface area contributed by atoms with Gasteiger partial charge in [0.2, 0.25) is 0 Å². The highest BCUT2D eigenvalue weighted by molar-refractivity contribution is 9.10. The van der Waals surface area contributed by atoms with Crippen LogP contribution >= 0.6 is 15.9 Å². The predicted molar refractivity (Wildman–Crippen MR) is 160 cm³/mol. The molecule has 0 aromatic heterocycles. The second-order valence-corrected chi connectivity index (χ2v) is 17.1. The lowest BCUT2D eigenvalue weighted by atomic mass is 9.69. The van der Waals surface area contributed by atoms with Crippen molar-refractivity contribution in [1.82, 2.24) is 0 Å². The van der Waals surface area contributed by atoms with E-state index >= 15 is 0 Å². The molecule has 0 saturated carbocycles. The van der Waals surface area contributed by atoms with Gasteiger partial charge in [0.15, 0.2) is 0 Å². The van der Waals surface area contributed by atoms with Gasteiger partial charge in [-0.15, -0.1) is 0 Å². The molecule has 4 aromatic rings. The van der Waals surface area contributed by atoms with E-state index in [1.807, 2.05) is 24.3 Å². The monoisotopic (exact) mass is 568 g/mol. The highest BCUT2D eigenvalue weighted by Gasteiger charge is 2.44. The molecule has 5 rings (SSSR count). The second kappa shape index (κ2) is 10.8. The van der Waals surface area contributed by atoms with Crippen LogP contribution in [0.1, 0.15) is 39.9 Å². The lowest BCUT2D eigenvalue weighted by molar-refractivity contribution is 0.112. The molecule has 0 N–H and O–H groups in total. The first-order valence-corrected chi connectivity index (χ1v) is 17.3. The van der Waals surface area contributed by atoms with E-state index in [9.17, 15) is 4.79 Å². The van der Waals surface area contributed by atoms with Gasteiger partial charge < -0.3 is 4.74 Å². The van der Waals surface area contributed by atoms with E-state index in [0.717, 1.165) is 35.6 Å². The molecule has 4 aromatic carbocycles. The number of hydrogen-bond donors (Lipinski definition) is 0. The van der Waals surface area contributed by atoms with Crippen molar-refractivity contribution in [2.75, 3.05) is 6.61 Å². The molecule has 0 fully saturated rings.